The number of imide groups is 1. The maximum absolute atomic E-state index is 12.8. The molecule has 0 aliphatic carbocycles. The molecule has 1 fully saturated rings. The van der Waals surface area contributed by atoms with E-state index in [0.29, 0.717) is 24.6 Å². The number of benzene rings is 2. The van der Waals surface area contributed by atoms with Crippen LogP contribution in [-0.2, 0) is 16.1 Å². The molecule has 0 radical (unpaired) electrons. The molecule has 0 N–H and O–H groups in total. The molecule has 1 aliphatic rings. The molecule has 0 spiro atoms. The molecule has 5 heteroatoms. The number of anilines is 1. The van der Waals surface area contributed by atoms with Crippen molar-refractivity contribution >= 4 is 17.5 Å². The number of hydrogen-bond acceptors (Lipinski definition) is 4. The molecule has 5 nitrogen and oxygen atoms in total. The summed E-state index contributed by atoms with van der Waals surface area (Å²) in [5, 5.41) is 0. The van der Waals surface area contributed by atoms with E-state index in [4.69, 9.17) is 4.74 Å². The molecule has 2 aromatic rings. The van der Waals surface area contributed by atoms with Gasteiger partial charge in [-0.05, 0) is 31.7 Å². The second kappa shape index (κ2) is 7.49. The Bertz CT molecular complexity index is 761. The van der Waals surface area contributed by atoms with E-state index in [0.717, 1.165) is 5.56 Å². The van der Waals surface area contributed by atoms with Crippen LogP contribution >= 0.6 is 0 Å². The summed E-state index contributed by atoms with van der Waals surface area (Å²) in [5.74, 6) is 0.294. The first-order valence-corrected chi connectivity index (χ1v) is 8.44. The maximum atomic E-state index is 12.8. The zero-order valence-electron chi connectivity index (χ0n) is 14.5. The first-order valence-electron chi connectivity index (χ1n) is 8.44. The van der Waals surface area contributed by atoms with Gasteiger partial charge >= 0.3 is 0 Å². The Kier molecular flexibility index (Phi) is 5.14. The van der Waals surface area contributed by atoms with Crippen molar-refractivity contribution in [2.75, 3.05) is 18.6 Å². The van der Waals surface area contributed by atoms with E-state index in [1.807, 2.05) is 55.3 Å². The molecule has 2 amide bonds. The minimum absolute atomic E-state index is 0.177. The van der Waals surface area contributed by atoms with Gasteiger partial charge in [0.1, 0.15) is 5.75 Å². The van der Waals surface area contributed by atoms with Gasteiger partial charge in [-0.15, -0.1) is 0 Å². The molecule has 3 rings (SSSR count). The summed E-state index contributed by atoms with van der Waals surface area (Å²) in [7, 11) is 1.88. The lowest BCUT2D eigenvalue weighted by atomic mass is 10.1. The van der Waals surface area contributed by atoms with E-state index < -0.39 is 6.04 Å². The number of amides is 2. The number of nitrogens with zero attached hydrogens (tertiary/aromatic N) is 2. The summed E-state index contributed by atoms with van der Waals surface area (Å²) in [5.41, 5.74) is 1.68. The van der Waals surface area contributed by atoms with Crippen LogP contribution in [0.5, 0.6) is 5.75 Å². The number of carbonyl (C=O) groups is 2. The predicted molar refractivity (Wildman–Crippen MR) is 96.4 cm³/mol. The Labute approximate surface area is 147 Å². The standard InChI is InChI=1S/C20H22N2O3/c1-3-25-17-11-7-10-16(12-17)22-19(23)13-18(20(22)24)21(2)14-15-8-5-4-6-9-15/h4-12,18H,3,13-14H2,1-2H3/t18-/m0/s1. The molecule has 130 valence electrons. The average Bonchev–Trinajstić information content (AvgIpc) is 2.91. The van der Waals surface area contributed by atoms with Gasteiger partial charge in [-0.25, -0.2) is 4.90 Å². The van der Waals surface area contributed by atoms with Crippen molar-refractivity contribution in [1.29, 1.82) is 0 Å². The predicted octanol–water partition coefficient (Wildman–Crippen LogP) is 2.85. The van der Waals surface area contributed by atoms with Crippen molar-refractivity contribution < 1.29 is 14.3 Å². The molecular formula is C20H22N2O3. The zero-order valence-corrected chi connectivity index (χ0v) is 14.5. The zero-order chi connectivity index (χ0) is 17.8. The highest BCUT2D eigenvalue weighted by molar-refractivity contribution is 6.22. The van der Waals surface area contributed by atoms with Crippen LogP contribution in [0.3, 0.4) is 0 Å². The van der Waals surface area contributed by atoms with Gasteiger partial charge in [0.05, 0.1) is 24.8 Å². The van der Waals surface area contributed by atoms with Crippen molar-refractivity contribution in [2.24, 2.45) is 0 Å². The molecule has 0 bridgehead atoms. The molecule has 1 saturated heterocycles. The summed E-state index contributed by atoms with van der Waals surface area (Å²) >= 11 is 0. The SMILES string of the molecule is CCOc1cccc(N2C(=O)C[C@H](N(C)Cc3ccccc3)C2=O)c1. The van der Waals surface area contributed by atoms with Crippen molar-refractivity contribution in [3.05, 3.63) is 60.2 Å². The topological polar surface area (TPSA) is 49.9 Å². The van der Waals surface area contributed by atoms with Gasteiger partial charge in [-0.1, -0.05) is 36.4 Å². The van der Waals surface area contributed by atoms with E-state index in [1.165, 1.54) is 4.90 Å². The normalized spacial score (nSPS) is 17.4. The fourth-order valence-corrected chi connectivity index (χ4v) is 3.09. The van der Waals surface area contributed by atoms with E-state index in [9.17, 15) is 9.59 Å². The molecule has 1 heterocycles. The molecule has 0 aromatic heterocycles. The molecule has 0 saturated carbocycles. The van der Waals surface area contributed by atoms with Gasteiger partial charge in [-0.3, -0.25) is 14.5 Å². The number of likely N-dealkylation sites (N-methyl/N-ethyl adjacent to an activating group) is 1. The van der Waals surface area contributed by atoms with Gasteiger partial charge < -0.3 is 4.74 Å². The second-order valence-electron chi connectivity index (χ2n) is 6.12. The fraction of sp³-hybridized carbons (Fsp3) is 0.300. The summed E-state index contributed by atoms with van der Waals surface area (Å²) < 4.78 is 5.47. The maximum Gasteiger partial charge on any atom is 0.251 e. The quantitative estimate of drug-likeness (QED) is 0.760. The van der Waals surface area contributed by atoms with Gasteiger partial charge in [0.15, 0.2) is 0 Å². The third kappa shape index (κ3) is 3.72. The molecular weight excluding hydrogens is 316 g/mol. The van der Waals surface area contributed by atoms with Gasteiger partial charge in [0.25, 0.3) is 5.91 Å². The van der Waals surface area contributed by atoms with Crippen LogP contribution in [0.15, 0.2) is 54.6 Å². The lowest BCUT2D eigenvalue weighted by molar-refractivity contribution is -0.122. The lowest BCUT2D eigenvalue weighted by Crippen LogP contribution is -2.39. The van der Waals surface area contributed by atoms with Gasteiger partial charge in [-0.2, -0.15) is 0 Å². The Hall–Kier alpha value is -2.66. The Balaban J connectivity index is 1.77. The van der Waals surface area contributed by atoms with E-state index in [1.54, 1.807) is 18.2 Å². The highest BCUT2D eigenvalue weighted by Crippen LogP contribution is 2.28. The monoisotopic (exact) mass is 338 g/mol. The molecule has 2 aromatic carbocycles. The first-order chi connectivity index (χ1) is 12.1. The largest absolute Gasteiger partial charge is 0.494 e. The average molecular weight is 338 g/mol. The van der Waals surface area contributed by atoms with Crippen LogP contribution in [-0.4, -0.2) is 36.4 Å². The minimum atomic E-state index is -0.441. The highest BCUT2D eigenvalue weighted by atomic mass is 16.5. The summed E-state index contributed by atoms with van der Waals surface area (Å²) in [6, 6.07) is 16.6. The van der Waals surface area contributed by atoms with Gasteiger partial charge in [0.2, 0.25) is 5.91 Å². The third-order valence-corrected chi connectivity index (χ3v) is 4.32. The Morgan fingerprint density at radius 2 is 1.88 bits per heavy atom. The van der Waals surface area contributed by atoms with Crippen LogP contribution in [0.2, 0.25) is 0 Å². The second-order valence-corrected chi connectivity index (χ2v) is 6.12. The van der Waals surface area contributed by atoms with E-state index in [2.05, 4.69) is 0 Å². The number of rotatable bonds is 6. The van der Waals surface area contributed by atoms with E-state index in [-0.39, 0.29) is 18.2 Å². The minimum Gasteiger partial charge on any atom is -0.494 e. The fourth-order valence-electron chi connectivity index (χ4n) is 3.09. The van der Waals surface area contributed by atoms with Crippen molar-refractivity contribution in [3.8, 4) is 5.75 Å². The summed E-state index contributed by atoms with van der Waals surface area (Å²) in [6.07, 6.45) is 0.195. The smallest absolute Gasteiger partial charge is 0.251 e. The Morgan fingerprint density at radius 1 is 1.12 bits per heavy atom. The van der Waals surface area contributed by atoms with Crippen LogP contribution in [0, 0.1) is 0 Å². The van der Waals surface area contributed by atoms with Crippen LogP contribution in [0.4, 0.5) is 5.69 Å². The molecule has 1 atom stereocenters. The molecule has 1 aliphatic heterocycles. The third-order valence-electron chi connectivity index (χ3n) is 4.32. The van der Waals surface area contributed by atoms with Gasteiger partial charge in [0, 0.05) is 12.6 Å². The Morgan fingerprint density at radius 3 is 2.60 bits per heavy atom. The van der Waals surface area contributed by atoms with Crippen LogP contribution in [0.1, 0.15) is 18.9 Å². The highest BCUT2D eigenvalue weighted by Gasteiger charge is 2.41. The molecule has 0 unspecified atom stereocenters. The molecule has 25 heavy (non-hydrogen) atoms. The summed E-state index contributed by atoms with van der Waals surface area (Å²) in [6.45, 7) is 3.05. The van der Waals surface area contributed by atoms with Crippen molar-refractivity contribution in [1.82, 2.24) is 4.90 Å². The van der Waals surface area contributed by atoms with Crippen molar-refractivity contribution in [3.63, 3.8) is 0 Å². The number of carbonyl (C=O) groups excluding carboxylic acids is 2. The number of ether oxygens (including phenoxy) is 1. The lowest BCUT2D eigenvalue weighted by Gasteiger charge is -2.23. The first kappa shape index (κ1) is 17.2. The number of hydrogen-bond donors (Lipinski definition) is 0. The van der Waals surface area contributed by atoms with Crippen LogP contribution < -0.4 is 9.64 Å². The summed E-state index contributed by atoms with van der Waals surface area (Å²) in [4.78, 5) is 28.5. The van der Waals surface area contributed by atoms with Crippen molar-refractivity contribution in [2.45, 2.75) is 25.9 Å². The van der Waals surface area contributed by atoms with E-state index >= 15 is 0 Å². The van der Waals surface area contributed by atoms with Crippen LogP contribution in [0.25, 0.3) is 0 Å².